The highest BCUT2D eigenvalue weighted by Gasteiger charge is 2.31. The van der Waals surface area contributed by atoms with Gasteiger partial charge in [-0.1, -0.05) is 19.3 Å². The molecule has 32 heavy (non-hydrogen) atoms. The summed E-state index contributed by atoms with van der Waals surface area (Å²) in [5.74, 6) is 1.16. The molecule has 184 valence electrons. The van der Waals surface area contributed by atoms with Crippen molar-refractivity contribution >= 4 is 41.8 Å². The van der Waals surface area contributed by atoms with Crippen LogP contribution in [0, 0.1) is 5.92 Å². The van der Waals surface area contributed by atoms with E-state index in [2.05, 4.69) is 20.5 Å². The van der Waals surface area contributed by atoms with Gasteiger partial charge in [0, 0.05) is 65.3 Å². The quantitative estimate of drug-likeness (QED) is 0.270. The van der Waals surface area contributed by atoms with Gasteiger partial charge in [0.2, 0.25) is 11.8 Å². The lowest BCUT2D eigenvalue weighted by Crippen LogP contribution is -2.48. The first-order valence-corrected chi connectivity index (χ1v) is 11.9. The zero-order valence-electron chi connectivity index (χ0n) is 19.7. The zero-order chi connectivity index (χ0) is 22.1. The number of nitrogens with one attached hydrogen (secondary N) is 2. The second-order valence-electron chi connectivity index (χ2n) is 9.08. The van der Waals surface area contributed by atoms with E-state index in [0.29, 0.717) is 18.4 Å². The molecule has 2 amide bonds. The van der Waals surface area contributed by atoms with Crippen LogP contribution in [0.5, 0.6) is 0 Å². The smallest absolute Gasteiger partial charge is 0.243 e. The highest BCUT2D eigenvalue weighted by molar-refractivity contribution is 14.0. The Kier molecular flexibility index (Phi) is 12.0. The standard InChI is InChI=1S/C22H40N6O3.HI/c1-26(2)20(29)16-24-22(23-9-11-27-12-14-31-15-13-27)25-19-8-10-28(17-19)21(30)18-6-4-3-5-7-18;/h18-19H,3-17H2,1-2H3,(H2,23,24,25);1H. The van der Waals surface area contributed by atoms with Crippen LogP contribution in [0.3, 0.4) is 0 Å². The van der Waals surface area contributed by atoms with Crippen molar-refractivity contribution in [1.82, 2.24) is 25.3 Å². The fourth-order valence-corrected chi connectivity index (χ4v) is 4.48. The number of amides is 2. The Morgan fingerprint density at radius 3 is 2.47 bits per heavy atom. The zero-order valence-corrected chi connectivity index (χ0v) is 22.0. The summed E-state index contributed by atoms with van der Waals surface area (Å²) in [4.78, 5) is 35.3. The van der Waals surface area contributed by atoms with Crippen molar-refractivity contribution < 1.29 is 14.3 Å². The number of carbonyl (C=O) groups is 2. The molecule has 0 aromatic rings. The number of aliphatic imine (C=N–C) groups is 1. The van der Waals surface area contributed by atoms with Crippen molar-refractivity contribution in [2.24, 2.45) is 10.9 Å². The molecule has 0 spiro atoms. The highest BCUT2D eigenvalue weighted by atomic mass is 127. The van der Waals surface area contributed by atoms with Gasteiger partial charge in [-0.2, -0.15) is 0 Å². The van der Waals surface area contributed by atoms with Crippen molar-refractivity contribution in [1.29, 1.82) is 0 Å². The fraction of sp³-hybridized carbons (Fsp3) is 0.864. The molecule has 3 fully saturated rings. The van der Waals surface area contributed by atoms with Crippen molar-refractivity contribution in [3.05, 3.63) is 0 Å². The van der Waals surface area contributed by atoms with E-state index in [4.69, 9.17) is 4.74 Å². The third-order valence-electron chi connectivity index (χ3n) is 6.49. The minimum atomic E-state index is -0.0326. The third kappa shape index (κ3) is 8.66. The van der Waals surface area contributed by atoms with Gasteiger partial charge in [-0.25, -0.2) is 4.99 Å². The molecular formula is C22H41IN6O3. The molecule has 2 heterocycles. The Morgan fingerprint density at radius 1 is 1.06 bits per heavy atom. The molecule has 10 heteroatoms. The van der Waals surface area contributed by atoms with E-state index in [1.54, 1.807) is 19.0 Å². The van der Waals surface area contributed by atoms with Crippen LogP contribution in [0.15, 0.2) is 4.99 Å². The maximum absolute atomic E-state index is 12.9. The molecule has 1 saturated carbocycles. The summed E-state index contributed by atoms with van der Waals surface area (Å²) in [5.41, 5.74) is 0. The molecule has 1 unspecified atom stereocenters. The van der Waals surface area contributed by atoms with Crippen LogP contribution in [0.25, 0.3) is 0 Å². The molecule has 3 aliphatic rings. The molecule has 0 radical (unpaired) electrons. The number of guanidine groups is 1. The fourth-order valence-electron chi connectivity index (χ4n) is 4.48. The lowest BCUT2D eigenvalue weighted by Gasteiger charge is -2.27. The minimum absolute atomic E-state index is 0. The molecule has 9 nitrogen and oxygen atoms in total. The number of carbonyl (C=O) groups excluding carboxylic acids is 2. The SMILES string of the molecule is CN(C)C(=O)CN=C(NCCN1CCOCC1)NC1CCN(C(=O)C2CCCCC2)C1.I. The largest absolute Gasteiger partial charge is 0.379 e. The maximum Gasteiger partial charge on any atom is 0.243 e. The van der Waals surface area contributed by atoms with Crippen LogP contribution in [0.4, 0.5) is 0 Å². The number of hydrogen-bond acceptors (Lipinski definition) is 5. The van der Waals surface area contributed by atoms with E-state index in [1.165, 1.54) is 19.3 Å². The molecule has 1 atom stereocenters. The number of likely N-dealkylation sites (tertiary alicyclic amines) is 1. The van der Waals surface area contributed by atoms with Crippen molar-refractivity contribution in [2.45, 2.75) is 44.6 Å². The number of ether oxygens (including phenoxy) is 1. The van der Waals surface area contributed by atoms with Crippen LogP contribution in [-0.2, 0) is 14.3 Å². The average Bonchev–Trinajstić information content (AvgIpc) is 3.26. The summed E-state index contributed by atoms with van der Waals surface area (Å²) in [6, 6.07) is 0.164. The summed E-state index contributed by atoms with van der Waals surface area (Å²) in [7, 11) is 3.48. The summed E-state index contributed by atoms with van der Waals surface area (Å²) >= 11 is 0. The lowest BCUT2D eigenvalue weighted by molar-refractivity contribution is -0.135. The Morgan fingerprint density at radius 2 is 1.78 bits per heavy atom. The maximum atomic E-state index is 12.9. The lowest BCUT2D eigenvalue weighted by atomic mass is 9.88. The van der Waals surface area contributed by atoms with Crippen LogP contribution in [0.2, 0.25) is 0 Å². The number of rotatable bonds is 7. The van der Waals surface area contributed by atoms with Gasteiger partial charge < -0.3 is 25.2 Å². The van der Waals surface area contributed by atoms with Crippen LogP contribution < -0.4 is 10.6 Å². The molecule has 0 aromatic carbocycles. The first-order chi connectivity index (χ1) is 15.0. The number of hydrogen-bond donors (Lipinski definition) is 2. The van der Waals surface area contributed by atoms with Gasteiger partial charge in [-0.3, -0.25) is 14.5 Å². The normalized spacial score (nSPS) is 22.9. The van der Waals surface area contributed by atoms with Crippen molar-refractivity contribution in [2.75, 3.05) is 73.1 Å². The van der Waals surface area contributed by atoms with E-state index in [-0.39, 0.29) is 48.4 Å². The highest BCUT2D eigenvalue weighted by Crippen LogP contribution is 2.26. The van der Waals surface area contributed by atoms with Crippen molar-refractivity contribution in [3.8, 4) is 0 Å². The Bertz CT molecular complexity index is 621. The number of morpholine rings is 1. The van der Waals surface area contributed by atoms with Gasteiger partial charge in [-0.05, 0) is 19.3 Å². The summed E-state index contributed by atoms with van der Waals surface area (Å²) in [6.45, 7) is 6.72. The van der Waals surface area contributed by atoms with Gasteiger partial charge in [0.25, 0.3) is 0 Å². The monoisotopic (exact) mass is 564 g/mol. The molecule has 2 N–H and O–H groups in total. The summed E-state index contributed by atoms with van der Waals surface area (Å²) in [5, 5.41) is 6.84. The Balaban J connectivity index is 0.00000363. The predicted molar refractivity (Wildman–Crippen MR) is 136 cm³/mol. The summed E-state index contributed by atoms with van der Waals surface area (Å²) < 4.78 is 5.40. The van der Waals surface area contributed by atoms with E-state index in [0.717, 1.165) is 65.2 Å². The Labute approximate surface area is 209 Å². The second-order valence-corrected chi connectivity index (χ2v) is 9.08. The molecular weight excluding hydrogens is 523 g/mol. The van der Waals surface area contributed by atoms with Gasteiger partial charge in [0.15, 0.2) is 5.96 Å². The number of halogens is 1. The molecule has 0 bridgehead atoms. The third-order valence-corrected chi connectivity index (χ3v) is 6.49. The van der Waals surface area contributed by atoms with Crippen LogP contribution in [0.1, 0.15) is 38.5 Å². The van der Waals surface area contributed by atoms with E-state index < -0.39 is 0 Å². The number of likely N-dealkylation sites (N-methyl/N-ethyl adjacent to an activating group) is 1. The van der Waals surface area contributed by atoms with Gasteiger partial charge in [0.1, 0.15) is 6.54 Å². The molecule has 3 rings (SSSR count). The first-order valence-electron chi connectivity index (χ1n) is 11.9. The summed E-state index contributed by atoms with van der Waals surface area (Å²) in [6.07, 6.45) is 6.59. The van der Waals surface area contributed by atoms with Crippen LogP contribution in [-0.4, -0.2) is 112 Å². The van der Waals surface area contributed by atoms with E-state index in [1.807, 2.05) is 4.90 Å². The van der Waals surface area contributed by atoms with Gasteiger partial charge in [0.05, 0.1) is 13.2 Å². The van der Waals surface area contributed by atoms with Crippen molar-refractivity contribution in [3.63, 3.8) is 0 Å². The molecule has 0 aromatic heterocycles. The first kappa shape index (κ1) is 27.1. The molecule has 2 saturated heterocycles. The molecule has 1 aliphatic carbocycles. The molecule has 2 aliphatic heterocycles. The average molecular weight is 565 g/mol. The predicted octanol–water partition coefficient (Wildman–Crippen LogP) is 0.741. The van der Waals surface area contributed by atoms with Gasteiger partial charge >= 0.3 is 0 Å². The van der Waals surface area contributed by atoms with E-state index >= 15 is 0 Å². The topological polar surface area (TPSA) is 89.5 Å². The van der Waals surface area contributed by atoms with Crippen LogP contribution >= 0.6 is 24.0 Å². The number of nitrogens with zero attached hydrogens (tertiary/aromatic N) is 4. The minimum Gasteiger partial charge on any atom is -0.379 e. The Hall–Kier alpha value is -1.14. The van der Waals surface area contributed by atoms with Gasteiger partial charge in [-0.15, -0.1) is 24.0 Å². The second kappa shape index (κ2) is 14.2. The van der Waals surface area contributed by atoms with E-state index in [9.17, 15) is 9.59 Å².